The van der Waals surface area contributed by atoms with Crippen molar-refractivity contribution in [3.63, 3.8) is 0 Å². The Morgan fingerprint density at radius 1 is 0.368 bits per heavy atom. The van der Waals surface area contributed by atoms with Crippen molar-refractivity contribution < 1.29 is 0 Å². The molecule has 0 spiro atoms. The van der Waals surface area contributed by atoms with Gasteiger partial charge < -0.3 is 9.13 Å². The van der Waals surface area contributed by atoms with Crippen LogP contribution in [0.2, 0.25) is 0 Å². The third-order valence-corrected chi connectivity index (χ3v) is 12.4. The van der Waals surface area contributed by atoms with Gasteiger partial charge in [-0.05, 0) is 148 Å². The number of nitrogens with zero attached hydrogens (tertiary/aromatic N) is 2. The van der Waals surface area contributed by atoms with Crippen LogP contribution in [0.4, 0.5) is 0 Å². The van der Waals surface area contributed by atoms with Gasteiger partial charge in [-0.3, -0.25) is 0 Å². The number of hydrogen-bond donors (Lipinski definition) is 0. The summed E-state index contributed by atoms with van der Waals surface area (Å²) in [6.45, 7) is 4.48. The van der Waals surface area contributed by atoms with E-state index < -0.39 is 0 Å². The van der Waals surface area contributed by atoms with Crippen LogP contribution >= 0.6 is 0 Å². The molecule has 2 heterocycles. The molecular weight excluding hydrogens is 689 g/mol. The highest BCUT2D eigenvalue weighted by Gasteiger charge is 2.21. The minimum Gasteiger partial charge on any atom is -0.309 e. The molecule has 1 aliphatic rings. The molecule has 0 fully saturated rings. The predicted octanol–water partition coefficient (Wildman–Crippen LogP) is 14.7. The maximum Gasteiger partial charge on any atom is 0.0541 e. The average molecular weight is 733 g/mol. The van der Waals surface area contributed by atoms with Crippen molar-refractivity contribution in [2.75, 3.05) is 0 Å². The fourth-order valence-electron chi connectivity index (χ4n) is 9.59. The maximum absolute atomic E-state index is 2.43. The Morgan fingerprint density at radius 3 is 1.19 bits per heavy atom. The lowest BCUT2D eigenvalue weighted by Crippen LogP contribution is -1.94. The summed E-state index contributed by atoms with van der Waals surface area (Å²) >= 11 is 0. The molecular formula is C55H44N2. The fraction of sp³-hybridized carbons (Fsp3) is 0.127. The molecule has 0 radical (unpaired) electrons. The number of benzene rings is 8. The highest BCUT2D eigenvalue weighted by atomic mass is 15.0. The lowest BCUT2D eigenvalue weighted by Gasteiger charge is -2.11. The molecule has 11 rings (SSSR count). The van der Waals surface area contributed by atoms with Crippen LogP contribution in [0.25, 0.3) is 88.4 Å². The summed E-state index contributed by atoms with van der Waals surface area (Å²) in [5, 5.41) is 5.14. The second-order valence-corrected chi connectivity index (χ2v) is 15.9. The number of aryl methyl sites for hydroxylation is 2. The van der Waals surface area contributed by atoms with Gasteiger partial charge in [-0.1, -0.05) is 124 Å². The lowest BCUT2D eigenvalue weighted by molar-refractivity contribution is 0.921. The molecule has 2 heteroatoms. The summed E-state index contributed by atoms with van der Waals surface area (Å²) in [7, 11) is 0. The molecule has 0 bridgehead atoms. The van der Waals surface area contributed by atoms with E-state index in [1.54, 1.807) is 0 Å². The van der Waals surface area contributed by atoms with Gasteiger partial charge in [-0.2, -0.15) is 0 Å². The third kappa shape index (κ3) is 5.54. The van der Waals surface area contributed by atoms with E-state index in [0.29, 0.717) is 0 Å². The molecule has 0 atom stereocenters. The first-order chi connectivity index (χ1) is 28.1. The van der Waals surface area contributed by atoms with Crippen molar-refractivity contribution >= 4 is 43.6 Å². The van der Waals surface area contributed by atoms with Crippen molar-refractivity contribution in [2.45, 2.75) is 46.0 Å². The van der Waals surface area contributed by atoms with Crippen LogP contribution in [0.5, 0.6) is 0 Å². The Morgan fingerprint density at radius 2 is 0.754 bits per heavy atom. The molecule has 2 nitrogen and oxygen atoms in total. The SMILES string of the molecule is CCCc1ccc(-n2c3ccccc3c3cc(-c4ccc5c(c4)-c4cc(-c6ccc7c(c6)c6ccccc6n7-c6ccc(CCC)cc6)ccc4C5)ccc32)cc1. The molecule has 0 amide bonds. The van der Waals surface area contributed by atoms with Crippen LogP contribution < -0.4 is 0 Å². The van der Waals surface area contributed by atoms with E-state index >= 15 is 0 Å². The molecule has 0 aliphatic heterocycles. The zero-order chi connectivity index (χ0) is 38.0. The first-order valence-electron chi connectivity index (χ1n) is 20.7. The van der Waals surface area contributed by atoms with E-state index in [1.165, 1.54) is 111 Å². The van der Waals surface area contributed by atoms with Crippen molar-refractivity contribution in [1.82, 2.24) is 9.13 Å². The molecule has 8 aromatic carbocycles. The van der Waals surface area contributed by atoms with E-state index in [-0.39, 0.29) is 0 Å². The Labute approximate surface area is 334 Å². The van der Waals surface area contributed by atoms with Gasteiger partial charge in [0, 0.05) is 32.9 Å². The van der Waals surface area contributed by atoms with E-state index in [9.17, 15) is 0 Å². The molecule has 0 saturated heterocycles. The minimum absolute atomic E-state index is 0.971. The second-order valence-electron chi connectivity index (χ2n) is 15.9. The van der Waals surface area contributed by atoms with Gasteiger partial charge in [0.25, 0.3) is 0 Å². The Bertz CT molecular complexity index is 2940. The number of hydrogen-bond acceptors (Lipinski definition) is 0. The van der Waals surface area contributed by atoms with Gasteiger partial charge in [0.2, 0.25) is 0 Å². The summed E-state index contributed by atoms with van der Waals surface area (Å²) in [5.41, 5.74) is 20.7. The van der Waals surface area contributed by atoms with Gasteiger partial charge >= 0.3 is 0 Å². The van der Waals surface area contributed by atoms with Crippen molar-refractivity contribution in [3.05, 3.63) is 192 Å². The smallest absolute Gasteiger partial charge is 0.0541 e. The highest BCUT2D eigenvalue weighted by molar-refractivity contribution is 6.11. The van der Waals surface area contributed by atoms with Crippen LogP contribution in [0.1, 0.15) is 48.9 Å². The molecule has 274 valence electrons. The molecule has 0 N–H and O–H groups in total. The van der Waals surface area contributed by atoms with Crippen LogP contribution in [0.15, 0.2) is 170 Å². The van der Waals surface area contributed by atoms with Crippen LogP contribution in [0.3, 0.4) is 0 Å². The molecule has 0 unspecified atom stereocenters. The highest BCUT2D eigenvalue weighted by Crippen LogP contribution is 2.43. The largest absolute Gasteiger partial charge is 0.309 e. The van der Waals surface area contributed by atoms with E-state index in [0.717, 1.165) is 32.1 Å². The zero-order valence-electron chi connectivity index (χ0n) is 32.6. The van der Waals surface area contributed by atoms with E-state index in [4.69, 9.17) is 0 Å². The Kier molecular flexibility index (Phi) is 8.00. The minimum atomic E-state index is 0.971. The first-order valence-corrected chi connectivity index (χ1v) is 20.7. The number of rotatable bonds is 8. The fourth-order valence-corrected chi connectivity index (χ4v) is 9.59. The molecule has 2 aromatic heterocycles. The number of aromatic nitrogens is 2. The number of fused-ring (bicyclic) bond motifs is 9. The molecule has 0 saturated carbocycles. The van der Waals surface area contributed by atoms with Crippen LogP contribution in [-0.2, 0) is 19.3 Å². The van der Waals surface area contributed by atoms with Crippen molar-refractivity contribution in [3.8, 4) is 44.8 Å². The topological polar surface area (TPSA) is 9.86 Å². The monoisotopic (exact) mass is 732 g/mol. The summed E-state index contributed by atoms with van der Waals surface area (Å²) < 4.78 is 4.84. The van der Waals surface area contributed by atoms with E-state index in [2.05, 4.69) is 193 Å². The van der Waals surface area contributed by atoms with Crippen LogP contribution in [-0.4, -0.2) is 9.13 Å². The predicted molar refractivity (Wildman–Crippen MR) is 242 cm³/mol. The van der Waals surface area contributed by atoms with Crippen LogP contribution in [0, 0.1) is 0 Å². The number of para-hydroxylation sites is 2. The lowest BCUT2D eigenvalue weighted by atomic mass is 9.95. The third-order valence-electron chi connectivity index (χ3n) is 12.4. The van der Waals surface area contributed by atoms with Crippen molar-refractivity contribution in [1.29, 1.82) is 0 Å². The van der Waals surface area contributed by atoms with E-state index in [1.807, 2.05) is 0 Å². The van der Waals surface area contributed by atoms with Gasteiger partial charge in [0.15, 0.2) is 0 Å². The molecule has 57 heavy (non-hydrogen) atoms. The van der Waals surface area contributed by atoms with Crippen molar-refractivity contribution in [2.24, 2.45) is 0 Å². The zero-order valence-corrected chi connectivity index (χ0v) is 32.6. The molecule has 10 aromatic rings. The van der Waals surface area contributed by atoms with Gasteiger partial charge in [0.05, 0.1) is 22.1 Å². The second kappa shape index (κ2) is 13.5. The Balaban J connectivity index is 0.972. The average Bonchev–Trinajstić information content (AvgIpc) is 3.91. The quantitative estimate of drug-likeness (QED) is 0.147. The molecule has 1 aliphatic carbocycles. The van der Waals surface area contributed by atoms with Gasteiger partial charge in [0.1, 0.15) is 0 Å². The summed E-state index contributed by atoms with van der Waals surface area (Å²) in [4.78, 5) is 0. The van der Waals surface area contributed by atoms with Gasteiger partial charge in [-0.15, -0.1) is 0 Å². The maximum atomic E-state index is 2.43. The van der Waals surface area contributed by atoms with Gasteiger partial charge in [-0.25, -0.2) is 0 Å². The first kappa shape index (κ1) is 33.7. The standard InChI is InChI=1S/C55H44N2/c1-3-9-36-15-25-44(26-16-36)56-52-13-7-5-11-46(52)50-34-40(23-29-54(50)56)38-19-21-42-31-43-22-20-39(33-49(43)48(42)32-38)41-24-30-55-51(35-41)47-12-6-8-14-53(47)57(55)45-27-17-37(10-4-2)18-28-45/h5-8,11-30,32-35H,3-4,9-10,31H2,1-2H3. The normalized spacial score (nSPS) is 12.2. The summed E-state index contributed by atoms with van der Waals surface area (Å²) in [6, 6.07) is 64.2. The Hall–Kier alpha value is -6.64. The summed E-state index contributed by atoms with van der Waals surface area (Å²) in [5.74, 6) is 0. The summed E-state index contributed by atoms with van der Waals surface area (Å²) in [6.07, 6.45) is 5.51.